The summed E-state index contributed by atoms with van der Waals surface area (Å²) in [5.41, 5.74) is 0. The van der Waals surface area contributed by atoms with E-state index < -0.39 is 18.9 Å². The van der Waals surface area contributed by atoms with Crippen molar-refractivity contribution in [3.63, 3.8) is 0 Å². The maximum atomic E-state index is 11.9. The standard InChI is InChI=1S/C11H17F3N2O4/c1-19-9(17)2-3-15-4-6-16(7-5-15)10(18)20-8-11(12,13)14/h2-8H2,1H3. The van der Waals surface area contributed by atoms with E-state index in [4.69, 9.17) is 0 Å². The summed E-state index contributed by atoms with van der Waals surface area (Å²) in [5, 5.41) is 0. The maximum absolute atomic E-state index is 11.9. The molecular formula is C11H17F3N2O4. The zero-order chi connectivity index (χ0) is 15.2. The molecule has 116 valence electrons. The topological polar surface area (TPSA) is 59.1 Å². The van der Waals surface area contributed by atoms with E-state index in [0.29, 0.717) is 19.6 Å². The van der Waals surface area contributed by atoms with Gasteiger partial charge in [-0.2, -0.15) is 13.2 Å². The summed E-state index contributed by atoms with van der Waals surface area (Å²) in [5.74, 6) is -0.322. The molecule has 1 heterocycles. The Morgan fingerprint density at radius 3 is 2.25 bits per heavy atom. The van der Waals surface area contributed by atoms with Crippen LogP contribution in [0, 0.1) is 0 Å². The van der Waals surface area contributed by atoms with Gasteiger partial charge in [0.2, 0.25) is 0 Å². The van der Waals surface area contributed by atoms with Crippen LogP contribution in [0.4, 0.5) is 18.0 Å². The van der Waals surface area contributed by atoms with Gasteiger partial charge in [-0.3, -0.25) is 9.69 Å². The molecule has 1 fully saturated rings. The first-order chi connectivity index (χ1) is 9.31. The number of ether oxygens (including phenoxy) is 2. The molecule has 0 aromatic heterocycles. The molecule has 0 atom stereocenters. The van der Waals surface area contributed by atoms with E-state index >= 15 is 0 Å². The highest BCUT2D eigenvalue weighted by molar-refractivity contribution is 5.69. The van der Waals surface area contributed by atoms with E-state index in [9.17, 15) is 22.8 Å². The zero-order valence-corrected chi connectivity index (χ0v) is 11.1. The van der Waals surface area contributed by atoms with Gasteiger partial charge in [-0.15, -0.1) is 0 Å². The molecule has 0 radical (unpaired) electrons. The van der Waals surface area contributed by atoms with Gasteiger partial charge >= 0.3 is 18.2 Å². The summed E-state index contributed by atoms with van der Waals surface area (Å²) < 4.78 is 44.4. The molecular weight excluding hydrogens is 281 g/mol. The number of hydrogen-bond acceptors (Lipinski definition) is 5. The van der Waals surface area contributed by atoms with E-state index in [-0.39, 0.29) is 25.5 Å². The van der Waals surface area contributed by atoms with Crippen LogP contribution >= 0.6 is 0 Å². The first-order valence-corrected chi connectivity index (χ1v) is 6.09. The van der Waals surface area contributed by atoms with Gasteiger partial charge in [0.15, 0.2) is 6.61 Å². The van der Waals surface area contributed by atoms with Gasteiger partial charge in [-0.05, 0) is 0 Å². The van der Waals surface area contributed by atoms with Gasteiger partial charge < -0.3 is 14.4 Å². The molecule has 0 aliphatic carbocycles. The van der Waals surface area contributed by atoms with Crippen LogP contribution in [0.3, 0.4) is 0 Å². The molecule has 1 aliphatic heterocycles. The average Bonchev–Trinajstić information content (AvgIpc) is 2.41. The van der Waals surface area contributed by atoms with Crippen LogP contribution in [0.2, 0.25) is 0 Å². The molecule has 9 heteroatoms. The molecule has 0 N–H and O–H groups in total. The Bertz CT molecular complexity index is 341. The maximum Gasteiger partial charge on any atom is 0.422 e. The Hall–Kier alpha value is -1.51. The number of carbonyl (C=O) groups is 2. The number of esters is 1. The molecule has 1 rings (SSSR count). The highest BCUT2D eigenvalue weighted by atomic mass is 19.4. The van der Waals surface area contributed by atoms with Gasteiger partial charge in [0.1, 0.15) is 0 Å². The molecule has 1 aliphatic rings. The predicted molar refractivity (Wildman–Crippen MR) is 62.0 cm³/mol. The van der Waals surface area contributed by atoms with Crippen LogP contribution in [-0.2, 0) is 14.3 Å². The Morgan fingerprint density at radius 2 is 1.75 bits per heavy atom. The van der Waals surface area contributed by atoms with Gasteiger partial charge in [0, 0.05) is 32.7 Å². The molecule has 0 bridgehead atoms. The van der Waals surface area contributed by atoms with E-state index in [1.54, 1.807) is 0 Å². The van der Waals surface area contributed by atoms with Crippen molar-refractivity contribution in [3.05, 3.63) is 0 Å². The molecule has 0 aromatic carbocycles. The largest absolute Gasteiger partial charge is 0.469 e. The van der Waals surface area contributed by atoms with Crippen LogP contribution < -0.4 is 0 Å². The molecule has 0 unspecified atom stereocenters. The van der Waals surface area contributed by atoms with Crippen molar-refractivity contribution in [3.8, 4) is 0 Å². The third kappa shape index (κ3) is 6.09. The van der Waals surface area contributed by atoms with E-state index in [2.05, 4.69) is 9.47 Å². The lowest BCUT2D eigenvalue weighted by molar-refractivity contribution is -0.162. The van der Waals surface area contributed by atoms with Crippen molar-refractivity contribution < 1.29 is 32.2 Å². The summed E-state index contributed by atoms with van der Waals surface area (Å²) in [6.07, 6.45) is -5.23. The minimum absolute atomic E-state index is 0.245. The Labute approximate surface area is 114 Å². The summed E-state index contributed by atoms with van der Waals surface area (Å²) >= 11 is 0. The number of hydrogen-bond donors (Lipinski definition) is 0. The van der Waals surface area contributed by atoms with Gasteiger partial charge in [0.25, 0.3) is 0 Å². The molecule has 1 amide bonds. The quantitative estimate of drug-likeness (QED) is 0.721. The lowest BCUT2D eigenvalue weighted by Crippen LogP contribution is -2.49. The minimum atomic E-state index is -4.52. The minimum Gasteiger partial charge on any atom is -0.469 e. The summed E-state index contributed by atoms with van der Waals surface area (Å²) in [6.45, 7) is 0.443. The smallest absolute Gasteiger partial charge is 0.422 e. The number of nitrogens with zero attached hydrogens (tertiary/aromatic N) is 2. The SMILES string of the molecule is COC(=O)CCN1CCN(C(=O)OCC(F)(F)F)CC1. The number of carbonyl (C=O) groups excluding carboxylic acids is 2. The van der Waals surface area contributed by atoms with Crippen LogP contribution in [0.5, 0.6) is 0 Å². The Balaban J connectivity index is 2.24. The molecule has 0 saturated carbocycles. The monoisotopic (exact) mass is 298 g/mol. The molecule has 20 heavy (non-hydrogen) atoms. The van der Waals surface area contributed by atoms with Crippen molar-refractivity contribution in [1.29, 1.82) is 0 Å². The normalized spacial score (nSPS) is 16.9. The Kier molecular flexibility index (Phi) is 6.05. The second-order valence-corrected chi connectivity index (χ2v) is 4.32. The first kappa shape index (κ1) is 16.5. The van der Waals surface area contributed by atoms with Gasteiger partial charge in [-0.25, -0.2) is 4.79 Å². The van der Waals surface area contributed by atoms with Gasteiger partial charge in [0.05, 0.1) is 13.5 Å². The van der Waals surface area contributed by atoms with Crippen molar-refractivity contribution >= 4 is 12.1 Å². The number of amides is 1. The number of halogens is 3. The molecule has 0 aromatic rings. The number of alkyl halides is 3. The number of methoxy groups -OCH3 is 1. The lowest BCUT2D eigenvalue weighted by Gasteiger charge is -2.33. The van der Waals surface area contributed by atoms with Crippen LogP contribution in [0.15, 0.2) is 0 Å². The lowest BCUT2D eigenvalue weighted by atomic mass is 10.3. The Morgan fingerprint density at radius 1 is 1.15 bits per heavy atom. The highest BCUT2D eigenvalue weighted by Gasteiger charge is 2.31. The number of piperazine rings is 1. The molecule has 1 saturated heterocycles. The van der Waals surface area contributed by atoms with Crippen molar-refractivity contribution in [2.24, 2.45) is 0 Å². The first-order valence-electron chi connectivity index (χ1n) is 6.09. The number of rotatable bonds is 4. The zero-order valence-electron chi connectivity index (χ0n) is 11.1. The van der Waals surface area contributed by atoms with Crippen LogP contribution in [-0.4, -0.2) is 74.5 Å². The van der Waals surface area contributed by atoms with Crippen molar-refractivity contribution in [2.45, 2.75) is 12.6 Å². The summed E-state index contributed by atoms with van der Waals surface area (Å²) in [7, 11) is 1.30. The van der Waals surface area contributed by atoms with Gasteiger partial charge in [-0.1, -0.05) is 0 Å². The molecule has 0 spiro atoms. The summed E-state index contributed by atoms with van der Waals surface area (Å²) in [4.78, 5) is 25.5. The predicted octanol–water partition coefficient (Wildman–Crippen LogP) is 0.866. The van der Waals surface area contributed by atoms with Crippen molar-refractivity contribution in [1.82, 2.24) is 9.80 Å². The average molecular weight is 298 g/mol. The van der Waals surface area contributed by atoms with Crippen molar-refractivity contribution in [2.75, 3.05) is 46.4 Å². The second-order valence-electron chi connectivity index (χ2n) is 4.32. The third-order valence-electron chi connectivity index (χ3n) is 2.85. The van der Waals surface area contributed by atoms with E-state index in [1.165, 1.54) is 12.0 Å². The fraction of sp³-hybridized carbons (Fsp3) is 0.818. The van der Waals surface area contributed by atoms with Crippen LogP contribution in [0.25, 0.3) is 0 Å². The second kappa shape index (κ2) is 7.32. The van der Waals surface area contributed by atoms with E-state index in [1.807, 2.05) is 4.90 Å². The van der Waals surface area contributed by atoms with E-state index in [0.717, 1.165) is 0 Å². The fourth-order valence-electron chi connectivity index (χ4n) is 1.74. The third-order valence-corrected chi connectivity index (χ3v) is 2.85. The summed E-state index contributed by atoms with van der Waals surface area (Å²) in [6, 6.07) is 0. The van der Waals surface area contributed by atoms with Crippen LogP contribution in [0.1, 0.15) is 6.42 Å². The fourth-order valence-corrected chi connectivity index (χ4v) is 1.74. The highest BCUT2D eigenvalue weighted by Crippen LogP contribution is 2.15. The molecule has 6 nitrogen and oxygen atoms in total.